The van der Waals surface area contributed by atoms with Crippen LogP contribution in [0, 0.1) is 0 Å². The summed E-state index contributed by atoms with van der Waals surface area (Å²) < 4.78 is 5.36. The predicted octanol–water partition coefficient (Wildman–Crippen LogP) is 3.76. The number of carbonyl (C=O) groups excluding carboxylic acids is 2. The molecule has 0 bridgehead atoms. The average molecular weight is 410 g/mol. The predicted molar refractivity (Wildman–Crippen MR) is 120 cm³/mol. The van der Waals surface area contributed by atoms with Crippen LogP contribution in [0.2, 0.25) is 0 Å². The van der Waals surface area contributed by atoms with Crippen molar-refractivity contribution in [1.29, 1.82) is 0 Å². The Morgan fingerprint density at radius 2 is 1.57 bits per heavy atom. The topological polar surface area (TPSA) is 70.7 Å². The van der Waals surface area contributed by atoms with Crippen molar-refractivity contribution >= 4 is 23.2 Å². The number of carbonyl (C=O) groups is 2. The molecule has 0 aromatic heterocycles. The largest absolute Gasteiger partial charge is 0.494 e. The Morgan fingerprint density at radius 1 is 0.900 bits per heavy atom. The quantitative estimate of drug-likeness (QED) is 0.683. The molecule has 0 atom stereocenters. The first-order valence-corrected chi connectivity index (χ1v) is 10.8. The number of rotatable bonds is 7. The molecule has 0 unspecified atom stereocenters. The Labute approximate surface area is 178 Å². The van der Waals surface area contributed by atoms with E-state index in [4.69, 9.17) is 4.74 Å². The molecule has 2 amide bonds. The van der Waals surface area contributed by atoms with Gasteiger partial charge in [0.1, 0.15) is 5.75 Å². The van der Waals surface area contributed by atoms with Gasteiger partial charge in [-0.25, -0.2) is 0 Å². The van der Waals surface area contributed by atoms with Crippen LogP contribution in [0.3, 0.4) is 0 Å². The second-order valence-corrected chi connectivity index (χ2v) is 7.49. The van der Waals surface area contributed by atoms with Gasteiger partial charge in [0.25, 0.3) is 0 Å². The lowest BCUT2D eigenvalue weighted by Gasteiger charge is -2.22. The summed E-state index contributed by atoms with van der Waals surface area (Å²) in [6.45, 7) is 5.15. The van der Waals surface area contributed by atoms with E-state index in [9.17, 15) is 9.59 Å². The molecule has 0 radical (unpaired) electrons. The SMILES string of the molecule is CCOc1ccc(NC(=O)C(=O)NCCc2ccc(N3CCCCCC3)cc2)cc1. The van der Waals surface area contributed by atoms with Gasteiger partial charge in [-0.15, -0.1) is 0 Å². The minimum Gasteiger partial charge on any atom is -0.494 e. The molecule has 2 aromatic carbocycles. The van der Waals surface area contributed by atoms with Crippen LogP contribution < -0.4 is 20.3 Å². The standard InChI is InChI=1S/C24H31N3O3/c1-2-30-22-13-9-20(10-14-22)26-24(29)23(28)25-16-15-19-7-11-21(12-8-19)27-17-5-3-4-6-18-27/h7-14H,2-6,15-18H2,1H3,(H,25,28)(H,26,29). The number of nitrogens with one attached hydrogen (secondary N) is 2. The molecule has 1 fully saturated rings. The highest BCUT2D eigenvalue weighted by molar-refractivity contribution is 6.39. The molecule has 0 saturated carbocycles. The molecule has 160 valence electrons. The second kappa shape index (κ2) is 11.2. The number of nitrogens with zero attached hydrogens (tertiary/aromatic N) is 1. The van der Waals surface area contributed by atoms with Crippen molar-refractivity contribution in [2.75, 3.05) is 36.5 Å². The van der Waals surface area contributed by atoms with E-state index in [2.05, 4.69) is 39.8 Å². The molecule has 1 aliphatic heterocycles. The van der Waals surface area contributed by atoms with Crippen LogP contribution >= 0.6 is 0 Å². The first kappa shape index (κ1) is 21.7. The van der Waals surface area contributed by atoms with E-state index in [-0.39, 0.29) is 0 Å². The molecule has 1 saturated heterocycles. The van der Waals surface area contributed by atoms with Crippen LogP contribution in [0.4, 0.5) is 11.4 Å². The van der Waals surface area contributed by atoms with Crippen molar-refractivity contribution in [3.63, 3.8) is 0 Å². The number of hydrogen-bond acceptors (Lipinski definition) is 4. The lowest BCUT2D eigenvalue weighted by molar-refractivity contribution is -0.136. The highest BCUT2D eigenvalue weighted by Gasteiger charge is 2.13. The summed E-state index contributed by atoms with van der Waals surface area (Å²) >= 11 is 0. The van der Waals surface area contributed by atoms with E-state index < -0.39 is 11.8 Å². The van der Waals surface area contributed by atoms with E-state index in [1.807, 2.05) is 6.92 Å². The van der Waals surface area contributed by atoms with Crippen molar-refractivity contribution in [2.45, 2.75) is 39.0 Å². The fourth-order valence-electron chi connectivity index (χ4n) is 3.59. The number of anilines is 2. The Bertz CT molecular complexity index is 811. The molecule has 1 heterocycles. The van der Waals surface area contributed by atoms with Crippen molar-refractivity contribution in [2.24, 2.45) is 0 Å². The van der Waals surface area contributed by atoms with Gasteiger partial charge in [-0.2, -0.15) is 0 Å². The molecule has 0 spiro atoms. The maximum absolute atomic E-state index is 12.1. The van der Waals surface area contributed by atoms with Gasteiger partial charge in [-0.1, -0.05) is 25.0 Å². The molecule has 6 nitrogen and oxygen atoms in total. The van der Waals surface area contributed by atoms with Crippen LogP contribution in [0.25, 0.3) is 0 Å². The third-order valence-electron chi connectivity index (χ3n) is 5.24. The van der Waals surface area contributed by atoms with Crippen molar-refractivity contribution in [3.05, 3.63) is 54.1 Å². The summed E-state index contributed by atoms with van der Waals surface area (Å²) in [5.74, 6) is -0.581. The zero-order chi connectivity index (χ0) is 21.2. The van der Waals surface area contributed by atoms with Gasteiger partial charge >= 0.3 is 11.8 Å². The fraction of sp³-hybridized carbons (Fsp3) is 0.417. The van der Waals surface area contributed by atoms with E-state index in [0.29, 0.717) is 25.3 Å². The average Bonchev–Trinajstić information content (AvgIpc) is 3.05. The minimum absolute atomic E-state index is 0.415. The smallest absolute Gasteiger partial charge is 0.313 e. The molecule has 2 N–H and O–H groups in total. The molecule has 6 heteroatoms. The lowest BCUT2D eigenvalue weighted by Crippen LogP contribution is -2.36. The number of benzene rings is 2. The van der Waals surface area contributed by atoms with Gasteiger partial charge in [0.05, 0.1) is 6.61 Å². The van der Waals surface area contributed by atoms with E-state index >= 15 is 0 Å². The Kier molecular flexibility index (Phi) is 8.12. The molecule has 3 rings (SSSR count). The highest BCUT2D eigenvalue weighted by Crippen LogP contribution is 2.20. The third kappa shape index (κ3) is 6.51. The van der Waals surface area contributed by atoms with Crippen LogP contribution in [0.15, 0.2) is 48.5 Å². The van der Waals surface area contributed by atoms with Crippen LogP contribution in [0.1, 0.15) is 38.2 Å². The summed E-state index contributed by atoms with van der Waals surface area (Å²) in [4.78, 5) is 26.5. The summed E-state index contributed by atoms with van der Waals surface area (Å²) in [6.07, 6.45) is 5.84. The molecule has 0 aliphatic carbocycles. The first-order chi connectivity index (χ1) is 14.7. The number of hydrogen-bond donors (Lipinski definition) is 2. The van der Waals surface area contributed by atoms with E-state index in [1.54, 1.807) is 24.3 Å². The van der Waals surface area contributed by atoms with Gasteiger partial charge < -0.3 is 20.3 Å². The molecule has 2 aromatic rings. The van der Waals surface area contributed by atoms with Crippen LogP contribution in [-0.2, 0) is 16.0 Å². The summed E-state index contributed by atoms with van der Waals surface area (Å²) in [5, 5.41) is 5.28. The van der Waals surface area contributed by atoms with E-state index in [0.717, 1.165) is 24.4 Å². The Balaban J connectivity index is 1.41. The summed E-state index contributed by atoms with van der Waals surface area (Å²) in [6, 6.07) is 15.4. The zero-order valence-corrected chi connectivity index (χ0v) is 17.7. The molecular formula is C24H31N3O3. The normalized spacial score (nSPS) is 14.0. The minimum atomic E-state index is -0.671. The fourth-order valence-corrected chi connectivity index (χ4v) is 3.59. The van der Waals surface area contributed by atoms with Gasteiger partial charge in [0.2, 0.25) is 0 Å². The van der Waals surface area contributed by atoms with Gasteiger partial charge in [-0.05, 0) is 68.1 Å². The van der Waals surface area contributed by atoms with Crippen molar-refractivity contribution in [1.82, 2.24) is 5.32 Å². The highest BCUT2D eigenvalue weighted by atomic mass is 16.5. The number of ether oxygens (including phenoxy) is 1. The summed E-state index contributed by atoms with van der Waals surface area (Å²) in [5.41, 5.74) is 2.96. The third-order valence-corrected chi connectivity index (χ3v) is 5.24. The van der Waals surface area contributed by atoms with Crippen molar-refractivity contribution < 1.29 is 14.3 Å². The van der Waals surface area contributed by atoms with Gasteiger partial charge in [0, 0.05) is 31.0 Å². The molecule has 1 aliphatic rings. The number of amides is 2. The van der Waals surface area contributed by atoms with Crippen LogP contribution in [0.5, 0.6) is 5.75 Å². The second-order valence-electron chi connectivity index (χ2n) is 7.49. The first-order valence-electron chi connectivity index (χ1n) is 10.8. The maximum Gasteiger partial charge on any atom is 0.313 e. The van der Waals surface area contributed by atoms with E-state index in [1.165, 1.54) is 31.4 Å². The van der Waals surface area contributed by atoms with Gasteiger partial charge in [-0.3, -0.25) is 9.59 Å². The Morgan fingerprint density at radius 3 is 2.20 bits per heavy atom. The van der Waals surface area contributed by atoms with Gasteiger partial charge in [0.15, 0.2) is 0 Å². The van der Waals surface area contributed by atoms with Crippen molar-refractivity contribution in [3.8, 4) is 5.75 Å². The zero-order valence-electron chi connectivity index (χ0n) is 17.7. The maximum atomic E-state index is 12.1. The Hall–Kier alpha value is -3.02. The monoisotopic (exact) mass is 409 g/mol. The van der Waals surface area contributed by atoms with Crippen LogP contribution in [-0.4, -0.2) is 38.1 Å². The molecular weight excluding hydrogens is 378 g/mol. The lowest BCUT2D eigenvalue weighted by atomic mass is 10.1. The molecule has 30 heavy (non-hydrogen) atoms. The summed E-state index contributed by atoms with van der Waals surface area (Å²) in [7, 11) is 0.